The second-order valence-corrected chi connectivity index (χ2v) is 4.25. The van der Waals surface area contributed by atoms with Gasteiger partial charge in [0.1, 0.15) is 5.76 Å². The molecule has 2 aromatic rings. The summed E-state index contributed by atoms with van der Waals surface area (Å²) in [6.45, 7) is 1.93. The summed E-state index contributed by atoms with van der Waals surface area (Å²) in [7, 11) is 0. The highest BCUT2D eigenvalue weighted by Crippen LogP contribution is 2.31. The maximum Gasteiger partial charge on any atom is 0.416 e. The van der Waals surface area contributed by atoms with Crippen LogP contribution < -0.4 is 5.73 Å². The van der Waals surface area contributed by atoms with Gasteiger partial charge < -0.3 is 10.2 Å². The first-order chi connectivity index (χ1) is 8.93. The molecule has 1 unspecified atom stereocenters. The molecule has 5 heteroatoms. The molecule has 0 aliphatic rings. The summed E-state index contributed by atoms with van der Waals surface area (Å²) >= 11 is 0. The Morgan fingerprint density at radius 1 is 1.16 bits per heavy atom. The molecule has 0 saturated carbocycles. The smallest absolute Gasteiger partial charge is 0.416 e. The standard InChI is InChI=1S/C14H14F3NO/c1-2-12-11(7-8-19-12)13(18)9-3-5-10(6-4-9)14(15,16)17/h3-8,13H,2,18H2,1H3. The number of benzene rings is 1. The second-order valence-electron chi connectivity index (χ2n) is 4.25. The Morgan fingerprint density at radius 2 is 1.79 bits per heavy atom. The number of rotatable bonds is 3. The van der Waals surface area contributed by atoms with E-state index in [0.29, 0.717) is 12.0 Å². The maximum atomic E-state index is 12.5. The van der Waals surface area contributed by atoms with Gasteiger partial charge in [-0.2, -0.15) is 13.2 Å². The van der Waals surface area contributed by atoms with E-state index in [4.69, 9.17) is 10.2 Å². The van der Waals surface area contributed by atoms with Crippen molar-refractivity contribution in [1.82, 2.24) is 0 Å². The summed E-state index contributed by atoms with van der Waals surface area (Å²) in [6.07, 6.45) is -2.10. The molecule has 1 heterocycles. The van der Waals surface area contributed by atoms with Gasteiger partial charge in [-0.25, -0.2) is 0 Å². The number of aryl methyl sites for hydroxylation is 1. The Hall–Kier alpha value is -1.75. The molecule has 1 aromatic heterocycles. The van der Waals surface area contributed by atoms with E-state index in [1.165, 1.54) is 18.4 Å². The summed E-state index contributed by atoms with van der Waals surface area (Å²) in [5, 5.41) is 0. The van der Waals surface area contributed by atoms with Gasteiger partial charge in [-0.3, -0.25) is 0 Å². The first kappa shape index (κ1) is 13.7. The van der Waals surface area contributed by atoms with Crippen LogP contribution in [0.2, 0.25) is 0 Å². The first-order valence-corrected chi connectivity index (χ1v) is 5.92. The van der Waals surface area contributed by atoms with Crippen molar-refractivity contribution < 1.29 is 17.6 Å². The van der Waals surface area contributed by atoms with E-state index in [0.717, 1.165) is 23.5 Å². The molecule has 2 N–H and O–H groups in total. The van der Waals surface area contributed by atoms with Gasteiger partial charge in [0.25, 0.3) is 0 Å². The highest BCUT2D eigenvalue weighted by atomic mass is 19.4. The highest BCUT2D eigenvalue weighted by Gasteiger charge is 2.30. The van der Waals surface area contributed by atoms with E-state index in [9.17, 15) is 13.2 Å². The average Bonchev–Trinajstić information content (AvgIpc) is 2.85. The Morgan fingerprint density at radius 3 is 2.32 bits per heavy atom. The Balaban J connectivity index is 2.28. The van der Waals surface area contributed by atoms with E-state index in [1.807, 2.05) is 6.92 Å². The number of hydrogen-bond donors (Lipinski definition) is 1. The summed E-state index contributed by atoms with van der Waals surface area (Å²) in [6, 6.07) is 6.17. The molecule has 0 saturated heterocycles. The lowest BCUT2D eigenvalue weighted by Gasteiger charge is -2.13. The van der Waals surface area contributed by atoms with Crippen molar-refractivity contribution in [1.29, 1.82) is 0 Å². The number of nitrogens with two attached hydrogens (primary N) is 1. The van der Waals surface area contributed by atoms with Crippen LogP contribution in [0.25, 0.3) is 0 Å². The molecule has 19 heavy (non-hydrogen) atoms. The third-order valence-electron chi connectivity index (χ3n) is 3.03. The van der Waals surface area contributed by atoms with Crippen LogP contribution in [0, 0.1) is 0 Å². The largest absolute Gasteiger partial charge is 0.469 e. The normalized spacial score (nSPS) is 13.5. The van der Waals surface area contributed by atoms with Crippen molar-refractivity contribution in [2.75, 3.05) is 0 Å². The summed E-state index contributed by atoms with van der Waals surface area (Å²) < 4.78 is 42.7. The molecule has 0 fully saturated rings. The number of furan rings is 1. The van der Waals surface area contributed by atoms with Gasteiger partial charge in [0.05, 0.1) is 17.9 Å². The molecule has 0 aliphatic carbocycles. The SMILES string of the molecule is CCc1occc1C(N)c1ccc(C(F)(F)F)cc1. The zero-order valence-electron chi connectivity index (χ0n) is 10.4. The molecular formula is C14H14F3NO. The van der Waals surface area contributed by atoms with Crippen LogP contribution in [0.5, 0.6) is 0 Å². The minimum absolute atomic E-state index is 0.476. The van der Waals surface area contributed by atoms with Crippen LogP contribution in [-0.4, -0.2) is 0 Å². The van der Waals surface area contributed by atoms with Crippen LogP contribution in [0.15, 0.2) is 41.0 Å². The minimum atomic E-state index is -4.33. The van der Waals surface area contributed by atoms with Crippen LogP contribution >= 0.6 is 0 Å². The van der Waals surface area contributed by atoms with Gasteiger partial charge >= 0.3 is 6.18 Å². The van der Waals surface area contributed by atoms with E-state index in [1.54, 1.807) is 6.07 Å². The third kappa shape index (κ3) is 2.81. The van der Waals surface area contributed by atoms with Crippen LogP contribution in [-0.2, 0) is 12.6 Å². The lowest BCUT2D eigenvalue weighted by atomic mass is 9.98. The molecule has 0 amide bonds. The van der Waals surface area contributed by atoms with Gasteiger partial charge in [-0.15, -0.1) is 0 Å². The molecular weight excluding hydrogens is 255 g/mol. The monoisotopic (exact) mass is 269 g/mol. The van der Waals surface area contributed by atoms with E-state index in [2.05, 4.69) is 0 Å². The van der Waals surface area contributed by atoms with Crippen LogP contribution in [0.3, 0.4) is 0 Å². The van der Waals surface area contributed by atoms with Crippen LogP contribution in [0.4, 0.5) is 13.2 Å². The van der Waals surface area contributed by atoms with Gasteiger partial charge in [-0.05, 0) is 23.8 Å². The topological polar surface area (TPSA) is 39.2 Å². The Bertz CT molecular complexity index is 543. The van der Waals surface area contributed by atoms with Crippen molar-refractivity contribution >= 4 is 0 Å². The average molecular weight is 269 g/mol. The van der Waals surface area contributed by atoms with Crippen molar-refractivity contribution in [2.45, 2.75) is 25.6 Å². The fourth-order valence-electron chi connectivity index (χ4n) is 1.97. The fraction of sp³-hybridized carbons (Fsp3) is 0.286. The van der Waals surface area contributed by atoms with E-state index in [-0.39, 0.29) is 0 Å². The predicted octanol–water partition coefficient (Wildman–Crippen LogP) is 3.91. The van der Waals surface area contributed by atoms with E-state index < -0.39 is 17.8 Å². The maximum absolute atomic E-state index is 12.5. The molecule has 102 valence electrons. The van der Waals surface area contributed by atoms with Crippen molar-refractivity contribution in [2.24, 2.45) is 5.73 Å². The van der Waals surface area contributed by atoms with Crippen molar-refractivity contribution in [3.8, 4) is 0 Å². The molecule has 0 radical (unpaired) electrons. The second kappa shape index (κ2) is 5.09. The minimum Gasteiger partial charge on any atom is -0.469 e. The van der Waals surface area contributed by atoms with Gasteiger partial charge in [0.15, 0.2) is 0 Å². The molecule has 0 spiro atoms. The first-order valence-electron chi connectivity index (χ1n) is 5.92. The molecule has 0 aliphatic heterocycles. The number of alkyl halides is 3. The Labute approximate surface area is 109 Å². The Kier molecular flexibility index (Phi) is 3.66. The van der Waals surface area contributed by atoms with Crippen molar-refractivity contribution in [3.63, 3.8) is 0 Å². The summed E-state index contributed by atoms with van der Waals surface area (Å²) in [5.41, 5.74) is 6.82. The summed E-state index contributed by atoms with van der Waals surface area (Å²) in [4.78, 5) is 0. The van der Waals surface area contributed by atoms with Crippen LogP contribution in [0.1, 0.15) is 35.4 Å². The lowest BCUT2D eigenvalue weighted by Crippen LogP contribution is -2.13. The van der Waals surface area contributed by atoms with E-state index >= 15 is 0 Å². The zero-order chi connectivity index (χ0) is 14.0. The zero-order valence-corrected chi connectivity index (χ0v) is 10.4. The van der Waals surface area contributed by atoms with Crippen molar-refractivity contribution in [3.05, 3.63) is 59.0 Å². The summed E-state index contributed by atoms with van der Waals surface area (Å²) in [5.74, 6) is 0.757. The predicted molar refractivity (Wildman–Crippen MR) is 65.6 cm³/mol. The number of halogens is 3. The fourth-order valence-corrected chi connectivity index (χ4v) is 1.97. The molecule has 1 atom stereocenters. The lowest BCUT2D eigenvalue weighted by molar-refractivity contribution is -0.137. The van der Waals surface area contributed by atoms with Gasteiger partial charge in [0.2, 0.25) is 0 Å². The molecule has 2 nitrogen and oxygen atoms in total. The molecule has 0 bridgehead atoms. The quantitative estimate of drug-likeness (QED) is 0.917. The molecule has 2 rings (SSSR count). The van der Waals surface area contributed by atoms with Gasteiger partial charge in [0, 0.05) is 12.0 Å². The van der Waals surface area contributed by atoms with Gasteiger partial charge in [-0.1, -0.05) is 19.1 Å². The highest BCUT2D eigenvalue weighted by molar-refractivity contribution is 5.35. The molecule has 1 aromatic carbocycles. The number of hydrogen-bond acceptors (Lipinski definition) is 2. The third-order valence-corrected chi connectivity index (χ3v) is 3.03.